The third-order valence-electron chi connectivity index (χ3n) is 6.90. The smallest absolute Gasteiger partial charge is 0.119 e. The molecule has 0 spiro atoms. The standard InChI is InChI=1S/C37H28O2S2/c38-30-18-20-32(21-19-30)41-34-22-23-36(39)35(25-34)37(28-16-14-27(15-17-28)26-8-3-1-4-9-26)29-10-7-13-33(24-29)40-31-11-5-2-6-12-31/h1-25,37-39H. The van der Waals surface area contributed by atoms with E-state index in [0.29, 0.717) is 0 Å². The van der Waals surface area contributed by atoms with Crippen LogP contribution in [-0.4, -0.2) is 10.2 Å². The molecule has 4 heteroatoms. The molecule has 6 aromatic carbocycles. The van der Waals surface area contributed by atoms with Crippen LogP contribution in [0.25, 0.3) is 11.1 Å². The van der Waals surface area contributed by atoms with Gasteiger partial charge in [-0.25, -0.2) is 0 Å². The Balaban J connectivity index is 1.41. The lowest BCUT2D eigenvalue weighted by molar-refractivity contribution is 0.466. The van der Waals surface area contributed by atoms with Crippen LogP contribution in [0, 0.1) is 0 Å². The van der Waals surface area contributed by atoms with Crippen molar-refractivity contribution in [3.05, 3.63) is 168 Å². The van der Waals surface area contributed by atoms with Gasteiger partial charge in [0.05, 0.1) is 0 Å². The molecule has 0 saturated carbocycles. The van der Waals surface area contributed by atoms with E-state index in [4.69, 9.17) is 0 Å². The molecule has 1 unspecified atom stereocenters. The Kier molecular flexibility index (Phi) is 8.13. The molecule has 0 amide bonds. The first-order valence-corrected chi connectivity index (χ1v) is 15.0. The van der Waals surface area contributed by atoms with E-state index in [0.717, 1.165) is 36.9 Å². The molecular weight excluding hydrogens is 541 g/mol. The lowest BCUT2D eigenvalue weighted by atomic mass is 9.84. The van der Waals surface area contributed by atoms with Gasteiger partial charge in [0, 0.05) is 31.1 Å². The fourth-order valence-electron chi connectivity index (χ4n) is 4.91. The highest BCUT2D eigenvalue weighted by molar-refractivity contribution is 7.99. The van der Waals surface area contributed by atoms with E-state index >= 15 is 0 Å². The summed E-state index contributed by atoms with van der Waals surface area (Å²) in [5, 5.41) is 20.9. The van der Waals surface area contributed by atoms with Gasteiger partial charge in [0.2, 0.25) is 0 Å². The molecule has 0 aliphatic carbocycles. The van der Waals surface area contributed by atoms with Crippen molar-refractivity contribution in [2.24, 2.45) is 0 Å². The van der Waals surface area contributed by atoms with E-state index in [1.807, 2.05) is 30.3 Å². The van der Waals surface area contributed by atoms with Crippen molar-refractivity contribution < 1.29 is 10.2 Å². The predicted molar refractivity (Wildman–Crippen MR) is 170 cm³/mol. The minimum Gasteiger partial charge on any atom is -0.508 e. The lowest BCUT2D eigenvalue weighted by Gasteiger charge is -2.22. The Morgan fingerprint density at radius 3 is 1.68 bits per heavy atom. The van der Waals surface area contributed by atoms with Crippen LogP contribution < -0.4 is 0 Å². The van der Waals surface area contributed by atoms with Gasteiger partial charge >= 0.3 is 0 Å². The van der Waals surface area contributed by atoms with Gasteiger partial charge in [0.1, 0.15) is 11.5 Å². The van der Waals surface area contributed by atoms with Crippen molar-refractivity contribution in [1.29, 1.82) is 0 Å². The van der Waals surface area contributed by atoms with Gasteiger partial charge in [-0.3, -0.25) is 0 Å². The highest BCUT2D eigenvalue weighted by Gasteiger charge is 2.22. The third kappa shape index (κ3) is 6.51. The lowest BCUT2D eigenvalue weighted by Crippen LogP contribution is -2.04. The molecule has 2 N–H and O–H groups in total. The fourth-order valence-corrected chi connectivity index (χ4v) is 6.68. The number of phenolic OH excluding ortho intramolecular Hbond substituents is 2. The molecule has 6 rings (SSSR count). The van der Waals surface area contributed by atoms with Crippen molar-refractivity contribution in [3.8, 4) is 22.6 Å². The molecule has 200 valence electrons. The quantitative estimate of drug-likeness (QED) is 0.179. The number of aromatic hydroxyl groups is 2. The average Bonchev–Trinajstić information content (AvgIpc) is 3.01. The largest absolute Gasteiger partial charge is 0.508 e. The van der Waals surface area contributed by atoms with Crippen molar-refractivity contribution >= 4 is 23.5 Å². The number of benzene rings is 6. The Bertz CT molecular complexity index is 1730. The van der Waals surface area contributed by atoms with Gasteiger partial charge < -0.3 is 10.2 Å². The summed E-state index contributed by atoms with van der Waals surface area (Å²) in [6.07, 6.45) is 0. The van der Waals surface area contributed by atoms with Gasteiger partial charge in [0.25, 0.3) is 0 Å². The Morgan fingerprint density at radius 1 is 0.415 bits per heavy atom. The highest BCUT2D eigenvalue weighted by atomic mass is 32.2. The molecule has 0 heterocycles. The molecule has 0 saturated heterocycles. The summed E-state index contributed by atoms with van der Waals surface area (Å²) in [4.78, 5) is 4.37. The molecule has 6 aromatic rings. The Labute approximate surface area is 249 Å². The first-order chi connectivity index (χ1) is 20.1. The summed E-state index contributed by atoms with van der Waals surface area (Å²) in [5.74, 6) is 0.336. The molecule has 0 aliphatic heterocycles. The third-order valence-corrected chi connectivity index (χ3v) is 8.90. The van der Waals surface area contributed by atoms with Gasteiger partial charge in [0.15, 0.2) is 0 Å². The summed E-state index contributed by atoms with van der Waals surface area (Å²) in [5.41, 5.74) is 5.39. The topological polar surface area (TPSA) is 40.5 Å². The maximum atomic E-state index is 11.2. The van der Waals surface area contributed by atoms with Crippen LogP contribution >= 0.6 is 23.5 Å². The maximum absolute atomic E-state index is 11.2. The highest BCUT2D eigenvalue weighted by Crippen LogP contribution is 2.42. The number of phenols is 2. The normalized spacial score (nSPS) is 11.7. The number of hydrogen-bond donors (Lipinski definition) is 2. The van der Waals surface area contributed by atoms with Crippen LogP contribution in [0.5, 0.6) is 11.5 Å². The second kappa shape index (κ2) is 12.4. The summed E-state index contributed by atoms with van der Waals surface area (Å²) in [6.45, 7) is 0. The SMILES string of the molecule is Oc1ccc(Sc2ccc(O)c(C(c3ccc(-c4ccccc4)cc3)c3cccc(Sc4ccccc4)c3)c2)cc1. The minimum atomic E-state index is -0.170. The molecule has 0 aromatic heterocycles. The van der Waals surface area contributed by atoms with E-state index in [-0.39, 0.29) is 17.4 Å². The molecule has 0 aliphatic rings. The first-order valence-electron chi connectivity index (χ1n) is 13.4. The van der Waals surface area contributed by atoms with Gasteiger partial charge in [-0.15, -0.1) is 0 Å². The molecule has 0 bridgehead atoms. The summed E-state index contributed by atoms with van der Waals surface area (Å²) < 4.78 is 0. The zero-order valence-corrected chi connectivity index (χ0v) is 23.9. The van der Waals surface area contributed by atoms with Crippen LogP contribution in [0.15, 0.2) is 171 Å². The average molecular weight is 569 g/mol. The fraction of sp³-hybridized carbons (Fsp3) is 0.0270. The molecule has 2 nitrogen and oxygen atoms in total. The molecule has 0 radical (unpaired) electrons. The van der Waals surface area contributed by atoms with Crippen molar-refractivity contribution in [2.45, 2.75) is 25.5 Å². The summed E-state index contributed by atoms with van der Waals surface area (Å²) in [6, 6.07) is 51.0. The zero-order chi connectivity index (χ0) is 28.0. The Hall–Kier alpha value is -4.38. The zero-order valence-electron chi connectivity index (χ0n) is 22.2. The van der Waals surface area contributed by atoms with Crippen LogP contribution in [-0.2, 0) is 0 Å². The monoisotopic (exact) mass is 568 g/mol. The molecule has 41 heavy (non-hydrogen) atoms. The minimum absolute atomic E-state index is 0.170. The van der Waals surface area contributed by atoms with Crippen molar-refractivity contribution in [3.63, 3.8) is 0 Å². The van der Waals surface area contributed by atoms with Crippen LogP contribution in [0.1, 0.15) is 22.6 Å². The Morgan fingerprint density at radius 2 is 0.976 bits per heavy atom. The first kappa shape index (κ1) is 26.8. The second-order valence-corrected chi connectivity index (χ2v) is 12.0. The van der Waals surface area contributed by atoms with E-state index in [1.165, 1.54) is 10.5 Å². The maximum Gasteiger partial charge on any atom is 0.119 e. The van der Waals surface area contributed by atoms with E-state index < -0.39 is 0 Å². The molecule has 1 atom stereocenters. The van der Waals surface area contributed by atoms with E-state index in [9.17, 15) is 10.2 Å². The van der Waals surface area contributed by atoms with E-state index in [2.05, 4.69) is 103 Å². The van der Waals surface area contributed by atoms with E-state index in [1.54, 1.807) is 41.7 Å². The molecular formula is C37H28O2S2. The van der Waals surface area contributed by atoms with Gasteiger partial charge in [-0.1, -0.05) is 108 Å². The predicted octanol–water partition coefficient (Wildman–Crippen LogP) is 10.2. The van der Waals surface area contributed by atoms with Gasteiger partial charge in [-0.05, 0) is 89.0 Å². The molecule has 0 fully saturated rings. The number of hydrogen-bond acceptors (Lipinski definition) is 4. The second-order valence-electron chi connectivity index (χ2n) is 9.73. The van der Waals surface area contributed by atoms with Gasteiger partial charge in [-0.2, -0.15) is 0 Å². The van der Waals surface area contributed by atoms with Crippen molar-refractivity contribution in [1.82, 2.24) is 0 Å². The van der Waals surface area contributed by atoms with Crippen LogP contribution in [0.3, 0.4) is 0 Å². The van der Waals surface area contributed by atoms with Crippen LogP contribution in [0.4, 0.5) is 0 Å². The number of rotatable bonds is 8. The van der Waals surface area contributed by atoms with Crippen LogP contribution in [0.2, 0.25) is 0 Å². The summed E-state index contributed by atoms with van der Waals surface area (Å²) >= 11 is 3.34. The van der Waals surface area contributed by atoms with Crippen molar-refractivity contribution in [2.75, 3.05) is 0 Å². The summed E-state index contributed by atoms with van der Waals surface area (Å²) in [7, 11) is 0.